The molecule has 0 saturated carbocycles. The molecule has 3 nitrogen and oxygen atoms in total. The van der Waals surface area contributed by atoms with Crippen LogP contribution in [0.3, 0.4) is 0 Å². The number of hydrogen-bond donors (Lipinski definition) is 0. The van der Waals surface area contributed by atoms with E-state index in [1.54, 1.807) is 0 Å². The second kappa shape index (κ2) is 11.6. The van der Waals surface area contributed by atoms with Gasteiger partial charge >= 0.3 is 0 Å². The highest BCUT2D eigenvalue weighted by molar-refractivity contribution is 6.28. The number of aromatic nitrogens is 2. The fraction of sp³-hybridized carbons (Fsp3) is 0. The summed E-state index contributed by atoms with van der Waals surface area (Å²) in [5.74, 6) is 0. The molecule has 0 aliphatic rings. The van der Waals surface area contributed by atoms with Gasteiger partial charge in [-0.2, -0.15) is 0 Å². The van der Waals surface area contributed by atoms with Crippen LogP contribution in [0.4, 0.5) is 0 Å². The van der Waals surface area contributed by atoms with Crippen LogP contribution in [0.2, 0.25) is 0 Å². The van der Waals surface area contributed by atoms with Gasteiger partial charge < -0.3 is 13.6 Å². The van der Waals surface area contributed by atoms with E-state index in [2.05, 4.69) is 197 Å². The standard InChI is InChI=1S/C52H32N2O/c1-2-12-33(13-3-1)35-16-10-17-38(30-35)53-47-27-25-37(32-43(47)51-48(53)28-29-50-52(51)41-20-7-9-23-49(41)55-50)36-24-26-46-42(31-36)40-19-6-8-21-45(40)54(46)44-22-11-15-34-14-4-5-18-39(34)44/h1-32H. The monoisotopic (exact) mass is 700 g/mol. The van der Waals surface area contributed by atoms with Crippen LogP contribution in [-0.4, -0.2) is 9.13 Å². The summed E-state index contributed by atoms with van der Waals surface area (Å²) in [6, 6.07) is 70.3. The van der Waals surface area contributed by atoms with Gasteiger partial charge in [-0.05, 0) is 94.4 Å². The van der Waals surface area contributed by atoms with E-state index >= 15 is 0 Å². The summed E-state index contributed by atoms with van der Waals surface area (Å²) >= 11 is 0. The van der Waals surface area contributed by atoms with E-state index in [-0.39, 0.29) is 0 Å². The number of furan rings is 1. The normalized spacial score (nSPS) is 12.0. The summed E-state index contributed by atoms with van der Waals surface area (Å²) < 4.78 is 11.3. The van der Waals surface area contributed by atoms with Crippen LogP contribution in [0.1, 0.15) is 0 Å². The number of benzene rings is 9. The quantitative estimate of drug-likeness (QED) is 0.179. The molecule has 0 amide bonds. The SMILES string of the molecule is c1ccc(-c2cccc(-n3c4ccc(-c5ccc6c(c5)c5ccccc5n6-c5cccc6ccccc56)cc4c4c5c(ccc43)oc3ccccc35)c2)cc1. The maximum absolute atomic E-state index is 6.46. The summed E-state index contributed by atoms with van der Waals surface area (Å²) in [4.78, 5) is 0. The Morgan fingerprint density at radius 2 is 0.927 bits per heavy atom. The van der Waals surface area contributed by atoms with E-state index in [1.807, 2.05) is 6.07 Å². The third kappa shape index (κ3) is 4.44. The number of nitrogens with zero attached hydrogens (tertiary/aromatic N) is 2. The molecule has 0 unspecified atom stereocenters. The summed E-state index contributed by atoms with van der Waals surface area (Å²) in [5, 5.41) is 9.66. The number of fused-ring (bicyclic) bond motifs is 11. The maximum atomic E-state index is 6.46. The van der Waals surface area contributed by atoms with Crippen molar-refractivity contribution in [1.82, 2.24) is 9.13 Å². The van der Waals surface area contributed by atoms with Gasteiger partial charge in [-0.15, -0.1) is 0 Å². The van der Waals surface area contributed by atoms with Crippen molar-refractivity contribution in [2.45, 2.75) is 0 Å². The molecule has 0 N–H and O–H groups in total. The van der Waals surface area contributed by atoms with E-state index in [1.165, 1.54) is 71.3 Å². The molecule has 0 radical (unpaired) electrons. The molecule has 3 heterocycles. The van der Waals surface area contributed by atoms with Crippen molar-refractivity contribution < 1.29 is 4.42 Å². The Morgan fingerprint density at radius 3 is 1.80 bits per heavy atom. The molecule has 55 heavy (non-hydrogen) atoms. The first-order chi connectivity index (χ1) is 27.3. The Balaban J connectivity index is 1.11. The minimum Gasteiger partial charge on any atom is -0.456 e. The molecule has 9 aromatic carbocycles. The van der Waals surface area contributed by atoms with Crippen molar-refractivity contribution in [3.05, 3.63) is 194 Å². The number of para-hydroxylation sites is 2. The Morgan fingerprint density at radius 1 is 0.309 bits per heavy atom. The number of hydrogen-bond acceptors (Lipinski definition) is 1. The molecule has 3 heteroatoms. The fourth-order valence-electron chi connectivity index (χ4n) is 9.05. The Hall–Kier alpha value is -7.36. The molecule has 0 spiro atoms. The molecule has 0 saturated heterocycles. The largest absolute Gasteiger partial charge is 0.456 e. The number of rotatable bonds is 4. The van der Waals surface area contributed by atoms with E-state index in [0.29, 0.717) is 0 Å². The lowest BCUT2D eigenvalue weighted by atomic mass is 9.99. The van der Waals surface area contributed by atoms with E-state index in [4.69, 9.17) is 4.42 Å². The average Bonchev–Trinajstić information content (AvgIpc) is 3.91. The smallest absolute Gasteiger partial charge is 0.136 e. The lowest BCUT2D eigenvalue weighted by molar-refractivity contribution is 0.669. The van der Waals surface area contributed by atoms with Gasteiger partial charge in [0.2, 0.25) is 0 Å². The van der Waals surface area contributed by atoms with Crippen molar-refractivity contribution in [1.29, 1.82) is 0 Å². The molecule has 0 fully saturated rings. The highest BCUT2D eigenvalue weighted by Crippen LogP contribution is 2.43. The van der Waals surface area contributed by atoms with Crippen LogP contribution in [-0.2, 0) is 0 Å². The lowest BCUT2D eigenvalue weighted by Gasteiger charge is -2.12. The van der Waals surface area contributed by atoms with Gasteiger partial charge in [-0.3, -0.25) is 0 Å². The van der Waals surface area contributed by atoms with Crippen molar-refractivity contribution in [2.24, 2.45) is 0 Å². The molecule has 0 bridgehead atoms. The van der Waals surface area contributed by atoms with Gasteiger partial charge in [0.1, 0.15) is 11.2 Å². The fourth-order valence-corrected chi connectivity index (χ4v) is 9.05. The van der Waals surface area contributed by atoms with Crippen molar-refractivity contribution in [2.75, 3.05) is 0 Å². The van der Waals surface area contributed by atoms with Gasteiger partial charge in [0.25, 0.3) is 0 Å². The van der Waals surface area contributed by atoms with Crippen LogP contribution in [0.15, 0.2) is 199 Å². The predicted octanol–water partition coefficient (Wildman–Crippen LogP) is 14.3. The van der Waals surface area contributed by atoms with E-state index in [0.717, 1.165) is 38.7 Å². The second-order valence-electron chi connectivity index (χ2n) is 14.5. The zero-order valence-corrected chi connectivity index (χ0v) is 29.8. The molecule has 256 valence electrons. The minimum atomic E-state index is 0.902. The molecule has 12 aromatic rings. The molecular formula is C52H32N2O. The molecule has 0 aliphatic heterocycles. The topological polar surface area (TPSA) is 23.0 Å². The predicted molar refractivity (Wildman–Crippen MR) is 231 cm³/mol. The van der Waals surface area contributed by atoms with Gasteiger partial charge in [-0.25, -0.2) is 0 Å². The van der Waals surface area contributed by atoms with Crippen LogP contribution >= 0.6 is 0 Å². The molecule has 0 aliphatic carbocycles. The van der Waals surface area contributed by atoms with Gasteiger partial charge in [0.15, 0.2) is 0 Å². The first kappa shape index (κ1) is 30.1. The van der Waals surface area contributed by atoms with Crippen LogP contribution in [0, 0.1) is 0 Å². The van der Waals surface area contributed by atoms with Gasteiger partial charge in [0, 0.05) is 43.4 Å². The molecular weight excluding hydrogens is 669 g/mol. The van der Waals surface area contributed by atoms with Crippen molar-refractivity contribution in [3.8, 4) is 33.6 Å². The second-order valence-corrected chi connectivity index (χ2v) is 14.5. The first-order valence-corrected chi connectivity index (χ1v) is 18.8. The third-order valence-electron chi connectivity index (χ3n) is 11.5. The zero-order valence-electron chi connectivity index (χ0n) is 29.8. The Kier molecular flexibility index (Phi) is 6.34. The van der Waals surface area contributed by atoms with Crippen molar-refractivity contribution in [3.63, 3.8) is 0 Å². The zero-order chi connectivity index (χ0) is 36.0. The minimum absolute atomic E-state index is 0.902. The van der Waals surface area contributed by atoms with Crippen LogP contribution in [0.25, 0.3) is 110 Å². The summed E-state index contributed by atoms with van der Waals surface area (Å²) in [5.41, 5.74) is 13.6. The van der Waals surface area contributed by atoms with Crippen LogP contribution in [0.5, 0.6) is 0 Å². The molecule has 3 aromatic heterocycles. The van der Waals surface area contributed by atoms with E-state index < -0.39 is 0 Å². The maximum Gasteiger partial charge on any atom is 0.136 e. The van der Waals surface area contributed by atoms with Crippen LogP contribution < -0.4 is 0 Å². The molecule has 0 atom stereocenters. The molecule has 12 rings (SSSR count). The first-order valence-electron chi connectivity index (χ1n) is 18.8. The van der Waals surface area contributed by atoms with Crippen molar-refractivity contribution >= 4 is 76.3 Å². The lowest BCUT2D eigenvalue weighted by Crippen LogP contribution is -1.95. The Labute approximate surface area is 316 Å². The van der Waals surface area contributed by atoms with Gasteiger partial charge in [-0.1, -0.05) is 127 Å². The third-order valence-corrected chi connectivity index (χ3v) is 11.5. The average molecular weight is 701 g/mol. The highest BCUT2D eigenvalue weighted by atomic mass is 16.3. The summed E-state index contributed by atoms with van der Waals surface area (Å²) in [6.07, 6.45) is 0. The van der Waals surface area contributed by atoms with E-state index in [9.17, 15) is 0 Å². The summed E-state index contributed by atoms with van der Waals surface area (Å²) in [7, 11) is 0. The van der Waals surface area contributed by atoms with Gasteiger partial charge in [0.05, 0.1) is 27.8 Å². The summed E-state index contributed by atoms with van der Waals surface area (Å²) in [6.45, 7) is 0. The highest BCUT2D eigenvalue weighted by Gasteiger charge is 2.21. The Bertz CT molecular complexity index is 3480.